The van der Waals surface area contributed by atoms with Crippen LogP contribution in [0, 0.1) is 5.92 Å². The summed E-state index contributed by atoms with van der Waals surface area (Å²) in [6, 6.07) is 2.32. The van der Waals surface area contributed by atoms with Crippen molar-refractivity contribution in [3.05, 3.63) is 12.4 Å². The molecule has 3 rings (SSSR count). The summed E-state index contributed by atoms with van der Waals surface area (Å²) < 4.78 is 0. The highest BCUT2D eigenvalue weighted by Gasteiger charge is 2.24. The number of aromatic nitrogens is 2. The van der Waals surface area contributed by atoms with Gasteiger partial charge in [0.05, 0.1) is 12.6 Å². The van der Waals surface area contributed by atoms with Crippen LogP contribution in [0.5, 0.6) is 0 Å². The van der Waals surface area contributed by atoms with E-state index in [1.807, 2.05) is 0 Å². The monoisotopic (exact) mass is 304 g/mol. The summed E-state index contributed by atoms with van der Waals surface area (Å²) in [5.41, 5.74) is 0. The predicted molar refractivity (Wildman–Crippen MR) is 89.3 cm³/mol. The Labute approximate surface area is 133 Å². The zero-order chi connectivity index (χ0) is 15.4. The van der Waals surface area contributed by atoms with Crippen molar-refractivity contribution < 1.29 is 5.11 Å². The summed E-state index contributed by atoms with van der Waals surface area (Å²) in [6.07, 6.45) is 8.92. The summed E-state index contributed by atoms with van der Waals surface area (Å²) in [5, 5.41) is 9.60. The number of rotatable bonds is 4. The SMILES string of the molecule is CCC1CCN(c2cc(N3CCCCC3CO)ncn2)CC1. The van der Waals surface area contributed by atoms with Gasteiger partial charge in [-0.15, -0.1) is 0 Å². The number of anilines is 2. The van der Waals surface area contributed by atoms with Crippen molar-refractivity contribution in [3.63, 3.8) is 0 Å². The molecule has 2 aliphatic rings. The standard InChI is InChI=1S/C17H28N4O/c1-2-14-6-9-20(10-7-14)16-11-17(19-13-18-16)21-8-4-3-5-15(21)12-22/h11,13-15,22H,2-10,12H2,1H3. The highest BCUT2D eigenvalue weighted by Crippen LogP contribution is 2.28. The molecule has 5 nitrogen and oxygen atoms in total. The van der Waals surface area contributed by atoms with Crippen LogP contribution in [0.3, 0.4) is 0 Å². The van der Waals surface area contributed by atoms with Gasteiger partial charge in [-0.2, -0.15) is 0 Å². The number of piperidine rings is 2. The third-order valence-corrected chi connectivity index (χ3v) is 5.29. The van der Waals surface area contributed by atoms with Gasteiger partial charge in [-0.3, -0.25) is 0 Å². The van der Waals surface area contributed by atoms with Gasteiger partial charge >= 0.3 is 0 Å². The van der Waals surface area contributed by atoms with Gasteiger partial charge in [0, 0.05) is 25.7 Å². The topological polar surface area (TPSA) is 52.5 Å². The second-order valence-electron chi connectivity index (χ2n) is 6.60. The minimum Gasteiger partial charge on any atom is -0.394 e. The summed E-state index contributed by atoms with van der Waals surface area (Å²) in [7, 11) is 0. The van der Waals surface area contributed by atoms with Crippen molar-refractivity contribution >= 4 is 11.6 Å². The Morgan fingerprint density at radius 3 is 2.59 bits per heavy atom. The number of hydrogen-bond acceptors (Lipinski definition) is 5. The Morgan fingerprint density at radius 1 is 1.09 bits per heavy atom. The van der Waals surface area contributed by atoms with Gasteiger partial charge in [0.15, 0.2) is 0 Å². The quantitative estimate of drug-likeness (QED) is 0.926. The molecule has 0 radical (unpaired) electrons. The number of aliphatic hydroxyl groups is 1. The van der Waals surface area contributed by atoms with E-state index in [2.05, 4.69) is 32.8 Å². The molecule has 22 heavy (non-hydrogen) atoms. The van der Waals surface area contributed by atoms with Crippen molar-refractivity contribution in [1.82, 2.24) is 9.97 Å². The average Bonchev–Trinajstić information content (AvgIpc) is 2.62. The lowest BCUT2D eigenvalue weighted by Crippen LogP contribution is -2.42. The lowest BCUT2D eigenvalue weighted by atomic mass is 9.94. The summed E-state index contributed by atoms with van der Waals surface area (Å²) >= 11 is 0. The fourth-order valence-electron chi connectivity index (χ4n) is 3.73. The Hall–Kier alpha value is -1.36. The minimum atomic E-state index is 0.210. The van der Waals surface area contributed by atoms with Crippen molar-refractivity contribution in [2.75, 3.05) is 36.0 Å². The fourth-order valence-corrected chi connectivity index (χ4v) is 3.73. The normalized spacial score (nSPS) is 23.8. The molecule has 2 fully saturated rings. The van der Waals surface area contributed by atoms with E-state index in [9.17, 15) is 5.11 Å². The minimum absolute atomic E-state index is 0.210. The maximum atomic E-state index is 9.60. The second kappa shape index (κ2) is 7.27. The first-order valence-corrected chi connectivity index (χ1v) is 8.76. The molecule has 0 saturated carbocycles. The van der Waals surface area contributed by atoms with Gasteiger partial charge in [-0.25, -0.2) is 9.97 Å². The van der Waals surface area contributed by atoms with Gasteiger partial charge in [0.2, 0.25) is 0 Å². The van der Waals surface area contributed by atoms with Crippen LogP contribution in [-0.2, 0) is 0 Å². The van der Waals surface area contributed by atoms with Crippen LogP contribution in [-0.4, -0.2) is 47.4 Å². The average molecular weight is 304 g/mol. The van der Waals surface area contributed by atoms with Crippen LogP contribution in [0.15, 0.2) is 12.4 Å². The zero-order valence-corrected chi connectivity index (χ0v) is 13.6. The number of hydrogen-bond donors (Lipinski definition) is 1. The molecule has 1 unspecified atom stereocenters. The van der Waals surface area contributed by atoms with Crippen LogP contribution >= 0.6 is 0 Å². The largest absolute Gasteiger partial charge is 0.394 e. The maximum Gasteiger partial charge on any atom is 0.134 e. The van der Waals surface area contributed by atoms with Gasteiger partial charge in [-0.05, 0) is 38.0 Å². The molecule has 0 bridgehead atoms. The second-order valence-corrected chi connectivity index (χ2v) is 6.60. The van der Waals surface area contributed by atoms with E-state index in [1.54, 1.807) is 6.33 Å². The molecule has 5 heteroatoms. The first kappa shape index (κ1) is 15.5. The van der Waals surface area contributed by atoms with Crippen molar-refractivity contribution in [1.29, 1.82) is 0 Å². The number of aliphatic hydroxyl groups excluding tert-OH is 1. The van der Waals surface area contributed by atoms with Gasteiger partial charge in [-0.1, -0.05) is 13.3 Å². The molecule has 1 aromatic rings. The highest BCUT2D eigenvalue weighted by atomic mass is 16.3. The predicted octanol–water partition coefficient (Wildman–Crippen LogP) is 2.45. The first-order chi connectivity index (χ1) is 10.8. The third kappa shape index (κ3) is 3.35. The fraction of sp³-hybridized carbons (Fsp3) is 0.765. The van der Waals surface area contributed by atoms with E-state index in [0.717, 1.165) is 43.6 Å². The smallest absolute Gasteiger partial charge is 0.134 e. The van der Waals surface area contributed by atoms with Crippen molar-refractivity contribution in [3.8, 4) is 0 Å². The molecule has 1 aromatic heterocycles. The van der Waals surface area contributed by atoms with Crippen LogP contribution in [0.25, 0.3) is 0 Å². The van der Waals surface area contributed by atoms with Crippen molar-refractivity contribution in [2.24, 2.45) is 5.92 Å². The van der Waals surface area contributed by atoms with E-state index >= 15 is 0 Å². The molecule has 1 atom stereocenters. The lowest BCUT2D eigenvalue weighted by Gasteiger charge is -2.36. The summed E-state index contributed by atoms with van der Waals surface area (Å²) in [5.74, 6) is 2.89. The molecule has 0 amide bonds. The summed E-state index contributed by atoms with van der Waals surface area (Å²) in [4.78, 5) is 13.6. The van der Waals surface area contributed by atoms with E-state index in [4.69, 9.17) is 0 Å². The third-order valence-electron chi connectivity index (χ3n) is 5.29. The summed E-state index contributed by atoms with van der Waals surface area (Å²) in [6.45, 7) is 5.67. The molecule has 2 aliphatic heterocycles. The van der Waals surface area contributed by atoms with E-state index < -0.39 is 0 Å². The van der Waals surface area contributed by atoms with Crippen LogP contribution in [0.2, 0.25) is 0 Å². The lowest BCUT2D eigenvalue weighted by molar-refractivity contribution is 0.239. The molecule has 1 N–H and O–H groups in total. The molecule has 0 aromatic carbocycles. The van der Waals surface area contributed by atoms with Crippen LogP contribution < -0.4 is 9.80 Å². The Kier molecular flexibility index (Phi) is 5.13. The molecule has 122 valence electrons. The molecular formula is C17H28N4O. The van der Waals surface area contributed by atoms with Crippen LogP contribution in [0.4, 0.5) is 11.6 Å². The Bertz CT molecular complexity index is 473. The Balaban J connectivity index is 1.72. The molecular weight excluding hydrogens is 276 g/mol. The van der Waals surface area contributed by atoms with E-state index in [-0.39, 0.29) is 12.6 Å². The van der Waals surface area contributed by atoms with E-state index in [0.29, 0.717) is 0 Å². The van der Waals surface area contributed by atoms with Gasteiger partial charge in [0.25, 0.3) is 0 Å². The van der Waals surface area contributed by atoms with E-state index in [1.165, 1.54) is 32.1 Å². The molecule has 0 spiro atoms. The Morgan fingerprint density at radius 2 is 1.86 bits per heavy atom. The molecule has 3 heterocycles. The van der Waals surface area contributed by atoms with Gasteiger partial charge < -0.3 is 14.9 Å². The first-order valence-electron chi connectivity index (χ1n) is 8.76. The molecule has 0 aliphatic carbocycles. The zero-order valence-electron chi connectivity index (χ0n) is 13.6. The van der Waals surface area contributed by atoms with Gasteiger partial charge in [0.1, 0.15) is 18.0 Å². The number of nitrogens with zero attached hydrogens (tertiary/aromatic N) is 4. The van der Waals surface area contributed by atoms with Crippen molar-refractivity contribution in [2.45, 2.75) is 51.5 Å². The van der Waals surface area contributed by atoms with Crippen LogP contribution in [0.1, 0.15) is 45.4 Å². The molecule has 2 saturated heterocycles. The maximum absolute atomic E-state index is 9.60. The highest BCUT2D eigenvalue weighted by molar-refractivity contribution is 5.51.